The molecule has 0 bridgehead atoms. The third-order valence-corrected chi connectivity index (χ3v) is 7.90. The van der Waals surface area contributed by atoms with Crippen LogP contribution in [0.25, 0.3) is 11.0 Å². The minimum Gasteiger partial charge on any atom is -0.493 e. The van der Waals surface area contributed by atoms with E-state index in [0.717, 1.165) is 0 Å². The summed E-state index contributed by atoms with van der Waals surface area (Å²) in [4.78, 5) is 40.9. The van der Waals surface area contributed by atoms with Crippen LogP contribution in [-0.2, 0) is 11.3 Å². The predicted octanol–water partition coefficient (Wildman–Crippen LogP) is 2.82. The van der Waals surface area contributed by atoms with E-state index in [9.17, 15) is 24.6 Å². The molecule has 4 atom stereocenters. The number of methoxy groups -OCH3 is 2. The van der Waals surface area contributed by atoms with Crippen molar-refractivity contribution in [1.29, 1.82) is 0 Å². The predicted molar refractivity (Wildman–Crippen MR) is 155 cm³/mol. The molecule has 1 aliphatic heterocycles. The highest BCUT2D eigenvalue weighted by Gasteiger charge is 2.51. The standard InChI is InChI=1S/C32H30N2O10/c1-40-23-5-3-4-19-12-25(43-28(19)23)32(39)34(14-17-6-9-42-16-17)22-13-21(31(38)33-7-8-35)26-20-10-18(15-36)11-24(41-2)29(20)44-30(26)27(22)37/h3-6,9-13,15-16,22,26-27,30,35,37H,7-8,14H2,1-2H3,(H,33,38). The zero-order valence-corrected chi connectivity index (χ0v) is 23.9. The molecule has 12 nitrogen and oxygen atoms in total. The van der Waals surface area contributed by atoms with E-state index < -0.39 is 36.0 Å². The van der Waals surface area contributed by atoms with Crippen molar-refractivity contribution in [3.05, 3.63) is 89.1 Å². The van der Waals surface area contributed by atoms with Crippen LogP contribution >= 0.6 is 0 Å². The number of rotatable bonds is 10. The lowest BCUT2D eigenvalue weighted by molar-refractivity contribution is -0.118. The molecule has 6 rings (SSSR count). The van der Waals surface area contributed by atoms with E-state index in [1.54, 1.807) is 36.4 Å². The molecule has 0 saturated heterocycles. The van der Waals surface area contributed by atoms with E-state index in [4.69, 9.17) is 23.0 Å². The third kappa shape index (κ3) is 4.97. The number of carbonyl (C=O) groups excluding carboxylic acids is 3. The molecule has 0 radical (unpaired) electrons. The number of para-hydroxylation sites is 1. The number of aliphatic hydroxyl groups excluding tert-OH is 2. The molecule has 2 amide bonds. The SMILES string of the molecule is COc1cc(C=O)cc2c1OC1C2C(C(=O)NCCO)=CC(N(Cc2ccoc2)C(=O)c2cc3cccc(OC)c3o2)C1O. The van der Waals surface area contributed by atoms with Crippen molar-refractivity contribution in [2.24, 2.45) is 0 Å². The van der Waals surface area contributed by atoms with Crippen molar-refractivity contribution in [3.63, 3.8) is 0 Å². The van der Waals surface area contributed by atoms with Crippen LogP contribution < -0.4 is 19.5 Å². The van der Waals surface area contributed by atoms with E-state index in [2.05, 4.69) is 5.32 Å². The first-order valence-electron chi connectivity index (χ1n) is 13.9. The third-order valence-electron chi connectivity index (χ3n) is 7.90. The number of hydrogen-bond donors (Lipinski definition) is 3. The Balaban J connectivity index is 1.47. The maximum absolute atomic E-state index is 14.2. The number of amides is 2. The normalized spacial score (nSPS) is 20.2. The molecule has 0 fully saturated rings. The lowest BCUT2D eigenvalue weighted by Crippen LogP contribution is -2.55. The number of hydrogen-bond acceptors (Lipinski definition) is 10. The van der Waals surface area contributed by atoms with Crippen LogP contribution in [0.5, 0.6) is 17.2 Å². The van der Waals surface area contributed by atoms with Crippen LogP contribution in [0.15, 0.2) is 75.5 Å². The minimum absolute atomic E-state index is 0.00374. The van der Waals surface area contributed by atoms with Gasteiger partial charge in [-0.05, 0) is 36.4 Å². The Bertz CT molecular complexity index is 1740. The molecule has 4 unspecified atom stereocenters. The summed E-state index contributed by atoms with van der Waals surface area (Å²) in [6.45, 7) is -0.323. The number of ether oxygens (including phenoxy) is 3. The quantitative estimate of drug-likeness (QED) is 0.230. The summed E-state index contributed by atoms with van der Waals surface area (Å²) >= 11 is 0. The Hall–Kier alpha value is -5.07. The zero-order valence-electron chi connectivity index (χ0n) is 23.9. The Morgan fingerprint density at radius 1 is 1.11 bits per heavy atom. The summed E-state index contributed by atoms with van der Waals surface area (Å²) in [6.07, 6.45) is 2.77. The molecule has 12 heteroatoms. The zero-order chi connectivity index (χ0) is 31.0. The lowest BCUT2D eigenvalue weighted by atomic mass is 9.77. The minimum atomic E-state index is -1.33. The molecule has 1 aliphatic carbocycles. The van der Waals surface area contributed by atoms with Gasteiger partial charge in [0.15, 0.2) is 28.6 Å². The fraction of sp³-hybridized carbons (Fsp3) is 0.281. The van der Waals surface area contributed by atoms with Gasteiger partial charge in [-0.15, -0.1) is 0 Å². The van der Waals surface area contributed by atoms with E-state index in [1.807, 2.05) is 0 Å². The largest absolute Gasteiger partial charge is 0.493 e. The summed E-state index contributed by atoms with van der Waals surface area (Å²) in [5.74, 6) is -0.894. The van der Waals surface area contributed by atoms with Crippen LogP contribution in [-0.4, -0.2) is 78.8 Å². The molecule has 0 spiro atoms. The van der Waals surface area contributed by atoms with Crippen molar-refractivity contribution < 1.29 is 47.6 Å². The molecule has 3 heterocycles. The van der Waals surface area contributed by atoms with Crippen LogP contribution in [0.3, 0.4) is 0 Å². The number of benzene rings is 2. The second-order valence-corrected chi connectivity index (χ2v) is 10.5. The van der Waals surface area contributed by atoms with Crippen molar-refractivity contribution in [1.82, 2.24) is 10.2 Å². The lowest BCUT2D eigenvalue weighted by Gasteiger charge is -2.40. The second-order valence-electron chi connectivity index (χ2n) is 10.5. The molecule has 2 aromatic carbocycles. The van der Waals surface area contributed by atoms with Crippen LogP contribution in [0.1, 0.15) is 38.0 Å². The average Bonchev–Trinajstić information content (AvgIpc) is 3.81. The maximum atomic E-state index is 14.2. The summed E-state index contributed by atoms with van der Waals surface area (Å²) in [5.41, 5.74) is 2.00. The highest BCUT2D eigenvalue weighted by Crippen LogP contribution is 2.51. The van der Waals surface area contributed by atoms with Gasteiger partial charge < -0.3 is 43.5 Å². The van der Waals surface area contributed by atoms with Crippen molar-refractivity contribution in [2.45, 2.75) is 30.7 Å². The Labute approximate surface area is 251 Å². The van der Waals surface area contributed by atoms with Crippen LogP contribution in [0.4, 0.5) is 0 Å². The van der Waals surface area contributed by atoms with Gasteiger partial charge in [-0.25, -0.2) is 0 Å². The van der Waals surface area contributed by atoms with E-state index in [1.165, 1.54) is 43.8 Å². The highest BCUT2D eigenvalue weighted by atomic mass is 16.5. The second kappa shape index (κ2) is 11.9. The Morgan fingerprint density at radius 2 is 1.93 bits per heavy atom. The molecule has 0 saturated carbocycles. The molecule has 228 valence electrons. The number of nitrogens with one attached hydrogen (secondary N) is 1. The summed E-state index contributed by atoms with van der Waals surface area (Å²) in [7, 11) is 2.92. The van der Waals surface area contributed by atoms with Gasteiger partial charge in [0.2, 0.25) is 5.91 Å². The van der Waals surface area contributed by atoms with Crippen molar-refractivity contribution >= 4 is 29.1 Å². The number of aldehydes is 1. The fourth-order valence-corrected chi connectivity index (χ4v) is 5.89. The highest BCUT2D eigenvalue weighted by molar-refractivity contribution is 5.99. The van der Waals surface area contributed by atoms with Gasteiger partial charge >= 0.3 is 0 Å². The van der Waals surface area contributed by atoms with Gasteiger partial charge in [-0.1, -0.05) is 12.1 Å². The molecule has 4 aromatic rings. The molecular weight excluding hydrogens is 572 g/mol. The summed E-state index contributed by atoms with van der Waals surface area (Å²) < 4.78 is 28.3. The number of furan rings is 2. The van der Waals surface area contributed by atoms with Gasteiger partial charge in [-0.2, -0.15) is 0 Å². The van der Waals surface area contributed by atoms with Crippen LogP contribution in [0, 0.1) is 0 Å². The molecule has 3 N–H and O–H groups in total. The Morgan fingerprint density at radius 3 is 2.64 bits per heavy atom. The summed E-state index contributed by atoms with van der Waals surface area (Å²) in [6, 6.07) is 10.6. The van der Waals surface area contributed by atoms with Crippen LogP contribution in [0.2, 0.25) is 0 Å². The van der Waals surface area contributed by atoms with Gasteiger partial charge in [0.05, 0.1) is 45.3 Å². The molecular formula is C32H30N2O10. The average molecular weight is 603 g/mol. The first-order chi connectivity index (χ1) is 21.4. The van der Waals surface area contributed by atoms with Crippen molar-refractivity contribution in [3.8, 4) is 17.2 Å². The smallest absolute Gasteiger partial charge is 0.290 e. The fourth-order valence-electron chi connectivity index (χ4n) is 5.89. The van der Waals surface area contributed by atoms with E-state index in [-0.39, 0.29) is 42.5 Å². The maximum Gasteiger partial charge on any atom is 0.290 e. The van der Waals surface area contributed by atoms with E-state index in [0.29, 0.717) is 39.7 Å². The Kier molecular flexibility index (Phi) is 7.85. The number of carbonyl (C=O) groups is 3. The van der Waals surface area contributed by atoms with Crippen molar-refractivity contribution in [2.75, 3.05) is 27.4 Å². The first-order valence-corrected chi connectivity index (χ1v) is 13.9. The monoisotopic (exact) mass is 602 g/mol. The topological polar surface area (TPSA) is 161 Å². The van der Waals surface area contributed by atoms with Gasteiger partial charge in [0.1, 0.15) is 18.5 Å². The number of fused-ring (bicyclic) bond motifs is 4. The number of aliphatic hydroxyl groups is 2. The number of nitrogens with zero attached hydrogens (tertiary/aromatic N) is 1. The van der Waals surface area contributed by atoms with Gasteiger partial charge in [0, 0.05) is 40.7 Å². The first kappa shape index (κ1) is 29.0. The molecule has 2 aliphatic rings. The summed E-state index contributed by atoms with van der Waals surface area (Å²) in [5, 5.41) is 24.6. The molecule has 44 heavy (non-hydrogen) atoms. The van der Waals surface area contributed by atoms with Gasteiger partial charge in [-0.3, -0.25) is 14.4 Å². The van der Waals surface area contributed by atoms with E-state index >= 15 is 0 Å². The molecule has 2 aromatic heterocycles. The van der Waals surface area contributed by atoms with Gasteiger partial charge in [0.25, 0.3) is 5.91 Å².